The third-order valence-electron chi connectivity index (χ3n) is 7.53. The molecular weight excluding hydrogens is 523 g/mol. The minimum absolute atomic E-state index is 0.0296. The molecule has 2 amide bonds. The Balaban J connectivity index is 1.39. The van der Waals surface area contributed by atoms with Gasteiger partial charge in [0.2, 0.25) is 11.8 Å². The van der Waals surface area contributed by atoms with Crippen molar-refractivity contribution in [3.8, 4) is 16.9 Å². The van der Waals surface area contributed by atoms with Gasteiger partial charge in [-0.2, -0.15) is 0 Å². The lowest BCUT2D eigenvalue weighted by atomic mass is 9.99. The van der Waals surface area contributed by atoms with Gasteiger partial charge in [-0.1, -0.05) is 42.8 Å². The van der Waals surface area contributed by atoms with Crippen LogP contribution in [0.4, 0.5) is 0 Å². The molecule has 2 atom stereocenters. The monoisotopic (exact) mass is 552 g/mol. The first-order valence-corrected chi connectivity index (χ1v) is 13.6. The predicted molar refractivity (Wildman–Crippen MR) is 150 cm³/mol. The maximum atomic E-state index is 12.9. The Morgan fingerprint density at radius 1 is 1.21 bits per heavy atom. The second-order valence-corrected chi connectivity index (χ2v) is 10.6. The van der Waals surface area contributed by atoms with E-state index in [2.05, 4.69) is 11.6 Å². The molecule has 3 heterocycles. The van der Waals surface area contributed by atoms with Gasteiger partial charge in [-0.25, -0.2) is 9.97 Å². The summed E-state index contributed by atoms with van der Waals surface area (Å²) in [5, 5.41) is 1.94. The molecule has 0 radical (unpaired) electrons. The van der Waals surface area contributed by atoms with Gasteiger partial charge in [-0.3, -0.25) is 9.59 Å². The Morgan fingerprint density at radius 2 is 2.00 bits per heavy atom. The molecule has 38 heavy (non-hydrogen) atoms. The molecule has 5 rings (SSSR count). The molecule has 0 aliphatic carbocycles. The van der Waals surface area contributed by atoms with Crippen molar-refractivity contribution in [3.05, 3.63) is 64.6 Å². The number of hydrogen-bond donors (Lipinski definition) is 0. The van der Waals surface area contributed by atoms with Gasteiger partial charge in [-0.15, -0.1) is 0 Å². The first kappa shape index (κ1) is 26.4. The lowest BCUT2D eigenvalue weighted by Gasteiger charge is -2.35. The van der Waals surface area contributed by atoms with Crippen molar-refractivity contribution in [1.82, 2.24) is 19.8 Å². The van der Waals surface area contributed by atoms with Crippen molar-refractivity contribution < 1.29 is 14.3 Å². The first-order valence-electron chi connectivity index (χ1n) is 12.9. The van der Waals surface area contributed by atoms with Gasteiger partial charge >= 0.3 is 0 Å². The number of ether oxygens (including phenoxy) is 1. The van der Waals surface area contributed by atoms with Crippen LogP contribution in [0.2, 0.25) is 10.0 Å². The molecule has 0 bridgehead atoms. The topological polar surface area (TPSA) is 75.6 Å². The van der Waals surface area contributed by atoms with E-state index in [9.17, 15) is 9.59 Å². The Hall–Kier alpha value is -3.16. The number of aryl methyl sites for hydroxylation is 1. The summed E-state index contributed by atoms with van der Waals surface area (Å²) >= 11 is 13.4. The highest BCUT2D eigenvalue weighted by atomic mass is 35.5. The molecule has 0 spiro atoms. The van der Waals surface area contributed by atoms with Crippen molar-refractivity contribution in [3.63, 3.8) is 0 Å². The number of aromatic nitrogens is 2. The molecule has 9 heteroatoms. The van der Waals surface area contributed by atoms with E-state index < -0.39 is 6.04 Å². The number of fused-ring (bicyclic) bond motifs is 1. The molecule has 0 N–H and O–H groups in total. The van der Waals surface area contributed by atoms with Crippen LogP contribution in [0.5, 0.6) is 5.75 Å². The van der Waals surface area contributed by atoms with Gasteiger partial charge < -0.3 is 14.5 Å². The first-order chi connectivity index (χ1) is 18.3. The highest BCUT2D eigenvalue weighted by Crippen LogP contribution is 2.43. The standard InChI is InChI=1S/C29H30Cl2N4O3/c1-4-18-14-23(38-3)28(31)26(27(18)30)19-7-8-21-20(13-19)15-32-24(33-21)12-17-11-22(29(37)34-9-6-10-34)35(16-17)25(36)5-2/h5,7-8,13-15,17,22H,2,4,6,9-12,16H2,1,3H3/t17-,22+/m1/s1. The molecule has 2 fully saturated rings. The second-order valence-electron chi connectivity index (χ2n) is 9.85. The van der Waals surface area contributed by atoms with Crippen LogP contribution in [0.3, 0.4) is 0 Å². The predicted octanol–water partition coefficient (Wildman–Crippen LogP) is 5.35. The number of carbonyl (C=O) groups excluding carboxylic acids is 2. The van der Waals surface area contributed by atoms with Crippen LogP contribution < -0.4 is 4.74 Å². The summed E-state index contributed by atoms with van der Waals surface area (Å²) < 4.78 is 5.48. The largest absolute Gasteiger partial charge is 0.495 e. The number of hydrogen-bond acceptors (Lipinski definition) is 5. The van der Waals surface area contributed by atoms with Crippen LogP contribution >= 0.6 is 23.2 Å². The van der Waals surface area contributed by atoms with E-state index in [1.54, 1.807) is 18.2 Å². The number of amides is 2. The number of benzene rings is 2. The molecule has 2 aliphatic rings. The van der Waals surface area contributed by atoms with E-state index in [-0.39, 0.29) is 17.7 Å². The number of nitrogens with zero attached hydrogens (tertiary/aromatic N) is 4. The Bertz CT molecular complexity index is 1390. The lowest BCUT2D eigenvalue weighted by Crippen LogP contribution is -2.52. The van der Waals surface area contributed by atoms with E-state index in [0.717, 1.165) is 53.5 Å². The highest BCUT2D eigenvalue weighted by molar-refractivity contribution is 6.40. The Morgan fingerprint density at radius 3 is 2.66 bits per heavy atom. The number of likely N-dealkylation sites (tertiary alicyclic amines) is 2. The van der Waals surface area contributed by atoms with E-state index in [1.165, 1.54) is 6.08 Å². The summed E-state index contributed by atoms with van der Waals surface area (Å²) in [6, 6.07) is 7.30. The molecule has 1 aromatic heterocycles. The third-order valence-corrected chi connectivity index (χ3v) is 8.34. The minimum atomic E-state index is -0.445. The van der Waals surface area contributed by atoms with Crippen LogP contribution in [-0.4, -0.2) is 64.4 Å². The fraction of sp³-hybridized carbons (Fsp3) is 0.379. The van der Waals surface area contributed by atoms with E-state index >= 15 is 0 Å². The van der Waals surface area contributed by atoms with Gasteiger partial charge in [0.25, 0.3) is 0 Å². The smallest absolute Gasteiger partial charge is 0.246 e. The van der Waals surface area contributed by atoms with Crippen molar-refractivity contribution in [2.24, 2.45) is 5.92 Å². The molecule has 7 nitrogen and oxygen atoms in total. The molecule has 198 valence electrons. The average Bonchev–Trinajstić information content (AvgIpc) is 3.31. The average molecular weight is 553 g/mol. The molecule has 0 unspecified atom stereocenters. The summed E-state index contributed by atoms with van der Waals surface area (Å²) in [7, 11) is 1.59. The maximum absolute atomic E-state index is 12.9. The van der Waals surface area contributed by atoms with Crippen molar-refractivity contribution in [2.45, 2.75) is 38.6 Å². The van der Waals surface area contributed by atoms with Crippen molar-refractivity contribution in [1.29, 1.82) is 0 Å². The number of carbonyl (C=O) groups is 2. The zero-order valence-corrected chi connectivity index (χ0v) is 23.1. The number of halogens is 2. The quantitative estimate of drug-likeness (QED) is 0.369. The normalized spacial score (nSPS) is 18.9. The second kappa shape index (κ2) is 10.9. The van der Waals surface area contributed by atoms with Crippen molar-refractivity contribution in [2.75, 3.05) is 26.7 Å². The molecule has 2 saturated heterocycles. The van der Waals surface area contributed by atoms with Gasteiger partial charge in [0.05, 0.1) is 22.7 Å². The summed E-state index contributed by atoms with van der Waals surface area (Å²) in [5.74, 6) is 1.18. The molecular formula is C29H30Cl2N4O3. The summed E-state index contributed by atoms with van der Waals surface area (Å²) in [6.07, 6.45) is 6.03. The highest BCUT2D eigenvalue weighted by Gasteiger charge is 2.41. The van der Waals surface area contributed by atoms with E-state index in [4.69, 9.17) is 32.9 Å². The Kier molecular flexibility index (Phi) is 7.59. The van der Waals surface area contributed by atoms with Crippen LogP contribution in [0.1, 0.15) is 31.2 Å². The van der Waals surface area contributed by atoms with E-state index in [0.29, 0.717) is 41.0 Å². The summed E-state index contributed by atoms with van der Waals surface area (Å²) in [6.45, 7) is 7.66. The third kappa shape index (κ3) is 4.85. The van der Waals surface area contributed by atoms with Crippen molar-refractivity contribution >= 4 is 45.9 Å². The molecule has 0 saturated carbocycles. The maximum Gasteiger partial charge on any atom is 0.246 e. The van der Waals surface area contributed by atoms with Gasteiger partial charge in [0.15, 0.2) is 0 Å². The van der Waals surface area contributed by atoms with E-state index in [1.807, 2.05) is 36.1 Å². The van der Waals surface area contributed by atoms with Gasteiger partial charge in [0.1, 0.15) is 17.6 Å². The Labute approximate surface area is 232 Å². The molecule has 2 aliphatic heterocycles. The summed E-state index contributed by atoms with van der Waals surface area (Å²) in [4.78, 5) is 38.3. The SMILES string of the molecule is C=CC(=O)N1C[C@@H](Cc2ncc3cc(-c4c(Cl)c(CC)cc(OC)c4Cl)ccc3n2)C[C@H]1C(=O)N1CCC1. The lowest BCUT2D eigenvalue weighted by molar-refractivity contribution is -0.144. The molecule has 3 aromatic rings. The van der Waals surface area contributed by atoms with Crippen LogP contribution in [0.15, 0.2) is 43.1 Å². The van der Waals surface area contributed by atoms with Gasteiger partial charge in [0, 0.05) is 43.2 Å². The summed E-state index contributed by atoms with van der Waals surface area (Å²) in [5.41, 5.74) is 3.35. The van der Waals surface area contributed by atoms with Crippen LogP contribution in [-0.2, 0) is 22.4 Å². The fourth-order valence-corrected chi connectivity index (χ4v) is 6.10. The number of rotatable bonds is 7. The van der Waals surface area contributed by atoms with Crippen LogP contribution in [0.25, 0.3) is 22.0 Å². The van der Waals surface area contributed by atoms with Crippen LogP contribution in [0, 0.1) is 5.92 Å². The fourth-order valence-electron chi connectivity index (χ4n) is 5.32. The number of methoxy groups -OCH3 is 1. The zero-order chi connectivity index (χ0) is 27.0. The molecule has 2 aromatic carbocycles. The zero-order valence-electron chi connectivity index (χ0n) is 21.5. The minimum Gasteiger partial charge on any atom is -0.495 e. The van der Waals surface area contributed by atoms with Gasteiger partial charge in [-0.05, 0) is 60.6 Å².